The Morgan fingerprint density at radius 3 is 2.93 bits per heavy atom. The lowest BCUT2D eigenvalue weighted by Crippen LogP contribution is -2.23. The highest BCUT2D eigenvalue weighted by molar-refractivity contribution is 7.99. The molecule has 0 aromatic carbocycles. The molecule has 1 aromatic heterocycles. The molecular formula is C11H14N2S2. The SMILES string of the molecule is CSC1(C)CCCc2sc(N)c(C#N)c21. The Morgan fingerprint density at radius 2 is 2.33 bits per heavy atom. The summed E-state index contributed by atoms with van der Waals surface area (Å²) in [5.74, 6) is 0. The molecule has 0 radical (unpaired) electrons. The first-order valence-electron chi connectivity index (χ1n) is 4.99. The van der Waals surface area contributed by atoms with Crippen molar-refractivity contribution >= 4 is 28.1 Å². The van der Waals surface area contributed by atoms with Gasteiger partial charge in [0.05, 0.1) is 5.56 Å². The van der Waals surface area contributed by atoms with Crippen LogP contribution in [0.25, 0.3) is 0 Å². The van der Waals surface area contributed by atoms with Crippen LogP contribution in [0, 0.1) is 11.3 Å². The maximum atomic E-state index is 9.16. The highest BCUT2D eigenvalue weighted by atomic mass is 32.2. The lowest BCUT2D eigenvalue weighted by atomic mass is 9.86. The molecule has 0 spiro atoms. The van der Waals surface area contributed by atoms with Crippen LogP contribution in [0.2, 0.25) is 0 Å². The van der Waals surface area contributed by atoms with Gasteiger partial charge in [0.15, 0.2) is 0 Å². The van der Waals surface area contributed by atoms with Crippen LogP contribution in [0.3, 0.4) is 0 Å². The van der Waals surface area contributed by atoms with E-state index >= 15 is 0 Å². The number of fused-ring (bicyclic) bond motifs is 1. The topological polar surface area (TPSA) is 49.8 Å². The van der Waals surface area contributed by atoms with E-state index in [0.29, 0.717) is 5.00 Å². The van der Waals surface area contributed by atoms with Gasteiger partial charge in [-0.2, -0.15) is 17.0 Å². The van der Waals surface area contributed by atoms with Gasteiger partial charge in [-0.15, -0.1) is 11.3 Å². The van der Waals surface area contributed by atoms with Crippen LogP contribution in [0.15, 0.2) is 0 Å². The van der Waals surface area contributed by atoms with Gasteiger partial charge in [0.1, 0.15) is 11.1 Å². The van der Waals surface area contributed by atoms with Gasteiger partial charge < -0.3 is 5.73 Å². The summed E-state index contributed by atoms with van der Waals surface area (Å²) < 4.78 is 0.0900. The maximum Gasteiger partial charge on any atom is 0.104 e. The second-order valence-corrected chi connectivity index (χ2v) is 6.49. The van der Waals surface area contributed by atoms with Crippen molar-refractivity contribution in [1.29, 1.82) is 5.26 Å². The van der Waals surface area contributed by atoms with Crippen molar-refractivity contribution in [3.63, 3.8) is 0 Å². The Bertz CT molecular complexity index is 431. The van der Waals surface area contributed by atoms with E-state index in [0.717, 1.165) is 18.4 Å². The zero-order valence-corrected chi connectivity index (χ0v) is 10.6. The van der Waals surface area contributed by atoms with Crippen molar-refractivity contribution in [2.75, 3.05) is 12.0 Å². The Hall–Kier alpha value is -0.660. The molecular weight excluding hydrogens is 224 g/mol. The normalized spacial score (nSPS) is 24.6. The number of nitrogen functional groups attached to an aromatic ring is 1. The van der Waals surface area contributed by atoms with Crippen LogP contribution in [0.4, 0.5) is 5.00 Å². The van der Waals surface area contributed by atoms with E-state index in [2.05, 4.69) is 19.2 Å². The lowest BCUT2D eigenvalue weighted by molar-refractivity contribution is 0.552. The zero-order chi connectivity index (χ0) is 11.1. The minimum absolute atomic E-state index is 0.0900. The molecule has 2 rings (SSSR count). The second kappa shape index (κ2) is 3.73. The fourth-order valence-corrected chi connectivity index (χ4v) is 4.29. The Kier molecular flexibility index (Phi) is 2.70. The molecule has 2 nitrogen and oxygen atoms in total. The molecule has 0 saturated carbocycles. The Morgan fingerprint density at radius 1 is 1.60 bits per heavy atom. The molecule has 1 aliphatic carbocycles. The third-order valence-electron chi connectivity index (χ3n) is 3.16. The van der Waals surface area contributed by atoms with Gasteiger partial charge in [0, 0.05) is 15.2 Å². The van der Waals surface area contributed by atoms with Gasteiger partial charge in [-0.05, 0) is 32.4 Å². The summed E-state index contributed by atoms with van der Waals surface area (Å²) in [6.45, 7) is 2.22. The predicted molar refractivity (Wildman–Crippen MR) is 67.3 cm³/mol. The summed E-state index contributed by atoms with van der Waals surface area (Å²) in [5, 5.41) is 9.86. The number of anilines is 1. The molecule has 0 fully saturated rings. The summed E-state index contributed by atoms with van der Waals surface area (Å²) in [5.41, 5.74) is 7.84. The van der Waals surface area contributed by atoms with E-state index in [1.807, 2.05) is 11.8 Å². The number of thiophene rings is 1. The van der Waals surface area contributed by atoms with Gasteiger partial charge in [-0.3, -0.25) is 0 Å². The predicted octanol–water partition coefficient (Wildman–Crippen LogP) is 3.12. The minimum atomic E-state index is 0.0900. The molecule has 1 aliphatic rings. The number of rotatable bonds is 1. The number of hydrogen-bond donors (Lipinski definition) is 1. The Labute approximate surface area is 98.5 Å². The number of hydrogen-bond acceptors (Lipinski definition) is 4. The smallest absolute Gasteiger partial charge is 0.104 e. The third kappa shape index (κ3) is 1.54. The van der Waals surface area contributed by atoms with Crippen molar-refractivity contribution in [1.82, 2.24) is 0 Å². The van der Waals surface area contributed by atoms with Gasteiger partial charge in [-0.1, -0.05) is 0 Å². The minimum Gasteiger partial charge on any atom is -0.389 e. The maximum absolute atomic E-state index is 9.16. The van der Waals surface area contributed by atoms with Crippen LogP contribution < -0.4 is 5.73 Å². The molecule has 0 bridgehead atoms. The van der Waals surface area contributed by atoms with Gasteiger partial charge in [0.25, 0.3) is 0 Å². The first-order chi connectivity index (χ1) is 7.12. The van der Waals surface area contributed by atoms with Crippen molar-refractivity contribution in [3.8, 4) is 6.07 Å². The quantitative estimate of drug-likeness (QED) is 0.818. The molecule has 1 aromatic rings. The van der Waals surface area contributed by atoms with Gasteiger partial charge in [0.2, 0.25) is 0 Å². The molecule has 1 atom stereocenters. The van der Waals surface area contributed by atoms with Crippen LogP contribution in [0.1, 0.15) is 35.8 Å². The Balaban J connectivity index is 2.65. The first-order valence-corrected chi connectivity index (χ1v) is 7.03. The van der Waals surface area contributed by atoms with E-state index in [1.54, 1.807) is 11.3 Å². The standard InChI is InChI=1S/C11H14N2S2/c1-11(14-2)5-3-4-8-9(11)7(6-12)10(13)15-8/h3-5,13H2,1-2H3. The van der Waals surface area contributed by atoms with Crippen LogP contribution in [0.5, 0.6) is 0 Å². The first kappa shape index (κ1) is 10.8. The largest absolute Gasteiger partial charge is 0.389 e. The summed E-state index contributed by atoms with van der Waals surface area (Å²) >= 11 is 3.43. The van der Waals surface area contributed by atoms with Gasteiger partial charge >= 0.3 is 0 Å². The average molecular weight is 238 g/mol. The second-order valence-electron chi connectivity index (χ2n) is 4.04. The fourth-order valence-electron chi connectivity index (χ4n) is 2.26. The molecule has 15 heavy (non-hydrogen) atoms. The highest BCUT2D eigenvalue weighted by Crippen LogP contribution is 2.50. The summed E-state index contributed by atoms with van der Waals surface area (Å²) in [6, 6.07) is 2.26. The van der Waals surface area contributed by atoms with Crippen LogP contribution in [-0.2, 0) is 11.2 Å². The van der Waals surface area contributed by atoms with Crippen LogP contribution >= 0.6 is 23.1 Å². The van der Waals surface area contributed by atoms with E-state index in [-0.39, 0.29) is 4.75 Å². The molecule has 80 valence electrons. The highest BCUT2D eigenvalue weighted by Gasteiger charge is 2.36. The molecule has 0 saturated heterocycles. The van der Waals surface area contributed by atoms with E-state index in [9.17, 15) is 0 Å². The van der Waals surface area contributed by atoms with Crippen molar-refractivity contribution < 1.29 is 0 Å². The molecule has 4 heteroatoms. The monoisotopic (exact) mass is 238 g/mol. The summed E-state index contributed by atoms with van der Waals surface area (Å²) in [7, 11) is 0. The number of nitrogens with two attached hydrogens (primary N) is 1. The van der Waals surface area contributed by atoms with Crippen molar-refractivity contribution in [2.24, 2.45) is 0 Å². The third-order valence-corrected chi connectivity index (χ3v) is 5.55. The zero-order valence-electron chi connectivity index (χ0n) is 8.96. The fraction of sp³-hybridized carbons (Fsp3) is 0.545. The molecule has 1 heterocycles. The van der Waals surface area contributed by atoms with Crippen LogP contribution in [-0.4, -0.2) is 6.26 Å². The van der Waals surface area contributed by atoms with E-state index in [1.165, 1.54) is 16.9 Å². The van der Waals surface area contributed by atoms with E-state index < -0.39 is 0 Å². The summed E-state index contributed by atoms with van der Waals surface area (Å²) in [6.07, 6.45) is 5.55. The average Bonchev–Trinajstić information content (AvgIpc) is 2.55. The number of aryl methyl sites for hydroxylation is 1. The number of nitriles is 1. The van der Waals surface area contributed by atoms with E-state index in [4.69, 9.17) is 11.0 Å². The molecule has 0 amide bonds. The summed E-state index contributed by atoms with van der Waals surface area (Å²) in [4.78, 5) is 1.33. The molecule has 2 N–H and O–H groups in total. The molecule has 0 aliphatic heterocycles. The van der Waals surface area contributed by atoms with Gasteiger partial charge in [-0.25, -0.2) is 0 Å². The van der Waals surface area contributed by atoms with Crippen molar-refractivity contribution in [3.05, 3.63) is 16.0 Å². The van der Waals surface area contributed by atoms with Crippen molar-refractivity contribution in [2.45, 2.75) is 30.9 Å². The molecule has 1 unspecified atom stereocenters. The number of thioether (sulfide) groups is 1. The number of nitrogens with zero attached hydrogens (tertiary/aromatic N) is 1. The lowest BCUT2D eigenvalue weighted by Gasteiger charge is -2.32.